The first-order valence-electron chi connectivity index (χ1n) is 9.54. The van der Waals surface area contributed by atoms with E-state index in [-0.39, 0.29) is 17.4 Å². The van der Waals surface area contributed by atoms with Crippen LogP contribution in [-0.4, -0.2) is 68.8 Å². The van der Waals surface area contributed by atoms with Gasteiger partial charge in [-0.25, -0.2) is 0 Å². The van der Waals surface area contributed by atoms with Crippen LogP contribution in [0.25, 0.3) is 5.57 Å². The first-order valence-corrected chi connectivity index (χ1v) is 9.92. The molecule has 0 spiro atoms. The lowest BCUT2D eigenvalue weighted by Gasteiger charge is -2.17. The number of nitrogens with one attached hydrogen (secondary N) is 2. The standard InChI is InChI=1S/C20H28ClF3N4O2/c1-13-16(12-28(3)6-5-25-2)19(27-26-13)14-9-15(20(22,23)24)11-17(21)18(10-14)30-8-7-29-4/h9-10,25H,5-8,11-12H2,1-4H3,(H,26,27). The molecule has 0 radical (unpaired) electrons. The third-order valence-corrected chi connectivity index (χ3v) is 4.98. The average molecular weight is 449 g/mol. The van der Waals surface area contributed by atoms with Gasteiger partial charge < -0.3 is 19.7 Å². The fourth-order valence-corrected chi connectivity index (χ4v) is 3.22. The Hall–Kier alpha value is -1.81. The van der Waals surface area contributed by atoms with Crippen molar-refractivity contribution in [3.63, 3.8) is 0 Å². The first kappa shape index (κ1) is 24.5. The van der Waals surface area contributed by atoms with Crippen molar-refractivity contribution >= 4 is 17.2 Å². The highest BCUT2D eigenvalue weighted by Crippen LogP contribution is 2.38. The van der Waals surface area contributed by atoms with Crippen LogP contribution < -0.4 is 5.32 Å². The lowest BCUT2D eigenvalue weighted by molar-refractivity contribution is -0.0929. The summed E-state index contributed by atoms with van der Waals surface area (Å²) >= 11 is 6.19. The highest BCUT2D eigenvalue weighted by atomic mass is 35.5. The van der Waals surface area contributed by atoms with E-state index in [9.17, 15) is 13.2 Å². The number of ether oxygens (including phenoxy) is 2. The van der Waals surface area contributed by atoms with Gasteiger partial charge in [-0.1, -0.05) is 11.6 Å². The summed E-state index contributed by atoms with van der Waals surface area (Å²) in [7, 11) is 5.33. The second-order valence-electron chi connectivity index (χ2n) is 7.07. The number of H-pyrrole nitrogens is 1. The van der Waals surface area contributed by atoms with Crippen LogP contribution in [0.15, 0.2) is 28.5 Å². The summed E-state index contributed by atoms with van der Waals surface area (Å²) in [6.45, 7) is 4.41. The fourth-order valence-electron chi connectivity index (χ4n) is 2.96. The fraction of sp³-hybridized carbons (Fsp3) is 0.550. The number of aryl methyl sites for hydroxylation is 1. The number of aromatic amines is 1. The molecule has 0 amide bonds. The average Bonchev–Trinajstić information content (AvgIpc) is 2.93. The molecular weight excluding hydrogens is 421 g/mol. The number of nitrogens with zero attached hydrogens (tertiary/aromatic N) is 2. The number of likely N-dealkylation sites (N-methyl/N-ethyl adjacent to an activating group) is 2. The Bertz CT molecular complexity index is 815. The monoisotopic (exact) mass is 448 g/mol. The van der Waals surface area contributed by atoms with Crippen molar-refractivity contribution in [1.29, 1.82) is 0 Å². The molecule has 0 unspecified atom stereocenters. The molecule has 1 aliphatic carbocycles. The van der Waals surface area contributed by atoms with Crippen LogP contribution in [0, 0.1) is 6.92 Å². The van der Waals surface area contributed by atoms with Gasteiger partial charge in [0, 0.05) is 55.6 Å². The molecule has 168 valence electrons. The van der Waals surface area contributed by atoms with Gasteiger partial charge in [0.2, 0.25) is 0 Å². The zero-order chi connectivity index (χ0) is 22.3. The van der Waals surface area contributed by atoms with E-state index in [1.165, 1.54) is 13.2 Å². The van der Waals surface area contributed by atoms with Crippen LogP contribution >= 0.6 is 11.6 Å². The molecule has 2 rings (SSSR count). The highest BCUT2D eigenvalue weighted by Gasteiger charge is 2.36. The molecule has 6 nitrogen and oxygen atoms in total. The van der Waals surface area contributed by atoms with Gasteiger partial charge in [-0.15, -0.1) is 0 Å². The van der Waals surface area contributed by atoms with Crippen molar-refractivity contribution in [2.24, 2.45) is 0 Å². The van der Waals surface area contributed by atoms with Gasteiger partial charge in [0.1, 0.15) is 12.4 Å². The molecule has 0 saturated heterocycles. The normalized spacial score (nSPS) is 15.4. The number of halogens is 4. The van der Waals surface area contributed by atoms with Crippen LogP contribution in [0.5, 0.6) is 0 Å². The predicted octanol–water partition coefficient (Wildman–Crippen LogP) is 3.76. The molecule has 0 bridgehead atoms. The molecule has 0 aromatic carbocycles. The van der Waals surface area contributed by atoms with Crippen LogP contribution in [0.3, 0.4) is 0 Å². The van der Waals surface area contributed by atoms with Gasteiger partial charge in [0.15, 0.2) is 0 Å². The largest absolute Gasteiger partial charge is 0.490 e. The van der Waals surface area contributed by atoms with Crippen molar-refractivity contribution in [3.05, 3.63) is 45.5 Å². The van der Waals surface area contributed by atoms with Gasteiger partial charge in [-0.2, -0.15) is 18.3 Å². The van der Waals surface area contributed by atoms with Crippen molar-refractivity contribution in [2.75, 3.05) is 47.5 Å². The molecule has 30 heavy (non-hydrogen) atoms. The minimum atomic E-state index is -4.52. The van der Waals surface area contributed by atoms with Gasteiger partial charge in [-0.3, -0.25) is 5.10 Å². The number of rotatable bonds is 10. The van der Waals surface area contributed by atoms with E-state index in [1.54, 1.807) is 0 Å². The number of hydrogen-bond donors (Lipinski definition) is 2. The summed E-state index contributed by atoms with van der Waals surface area (Å²) in [4.78, 5) is 2.07. The number of methoxy groups -OCH3 is 1. The van der Waals surface area contributed by atoms with Gasteiger partial charge in [0.05, 0.1) is 17.3 Å². The van der Waals surface area contributed by atoms with E-state index in [0.717, 1.165) is 30.4 Å². The summed E-state index contributed by atoms with van der Waals surface area (Å²) < 4.78 is 51.3. The second-order valence-corrected chi connectivity index (χ2v) is 7.53. The summed E-state index contributed by atoms with van der Waals surface area (Å²) in [6, 6.07) is 0. The third-order valence-electron chi connectivity index (χ3n) is 4.66. The van der Waals surface area contributed by atoms with Gasteiger partial charge in [-0.05, 0) is 33.2 Å². The van der Waals surface area contributed by atoms with Crippen molar-refractivity contribution < 1.29 is 22.6 Å². The maximum Gasteiger partial charge on any atom is 0.413 e. The second kappa shape index (κ2) is 11.0. The Kier molecular flexibility index (Phi) is 8.96. The highest BCUT2D eigenvalue weighted by molar-refractivity contribution is 6.30. The Morgan fingerprint density at radius 2 is 2.03 bits per heavy atom. The smallest absolute Gasteiger partial charge is 0.413 e. The molecule has 10 heteroatoms. The molecule has 0 fully saturated rings. The number of allylic oxidation sites excluding steroid dienone is 5. The van der Waals surface area contributed by atoms with Crippen LogP contribution in [0.4, 0.5) is 13.2 Å². The van der Waals surface area contributed by atoms with Crippen LogP contribution in [0.2, 0.25) is 0 Å². The van der Waals surface area contributed by atoms with E-state index in [4.69, 9.17) is 21.1 Å². The van der Waals surface area contributed by atoms with Gasteiger partial charge in [0.25, 0.3) is 0 Å². The Morgan fingerprint density at radius 1 is 1.30 bits per heavy atom. The predicted molar refractivity (Wildman–Crippen MR) is 111 cm³/mol. The molecular formula is C20H28ClF3N4O2. The number of hydrogen-bond acceptors (Lipinski definition) is 5. The quantitative estimate of drug-likeness (QED) is 0.534. The summed E-state index contributed by atoms with van der Waals surface area (Å²) in [5, 5.41) is 10.3. The molecule has 1 aromatic heterocycles. The Balaban J connectivity index is 2.46. The lowest BCUT2D eigenvalue weighted by Crippen LogP contribution is -2.27. The minimum absolute atomic E-state index is 0.00961. The minimum Gasteiger partial charge on any atom is -0.490 e. The van der Waals surface area contributed by atoms with Crippen molar-refractivity contribution in [1.82, 2.24) is 20.4 Å². The lowest BCUT2D eigenvalue weighted by atomic mass is 10.0. The maximum absolute atomic E-state index is 13.6. The van der Waals surface area contributed by atoms with Crippen molar-refractivity contribution in [3.8, 4) is 0 Å². The van der Waals surface area contributed by atoms with Crippen LogP contribution in [-0.2, 0) is 16.0 Å². The van der Waals surface area contributed by atoms with E-state index in [0.29, 0.717) is 24.4 Å². The zero-order valence-electron chi connectivity index (χ0n) is 17.6. The molecule has 1 aromatic rings. The molecule has 2 N–H and O–H groups in total. The first-order chi connectivity index (χ1) is 14.2. The number of aromatic nitrogens is 2. The number of alkyl halides is 3. The third kappa shape index (κ3) is 6.60. The Labute approximate surface area is 179 Å². The SMILES string of the molecule is CNCCN(C)Cc1c(C2=CC(OCCOC)=C(Cl)CC(C(F)(F)F)=C2)n[nH]c1C. The Morgan fingerprint density at radius 3 is 2.67 bits per heavy atom. The van der Waals surface area contributed by atoms with E-state index in [1.807, 2.05) is 21.0 Å². The van der Waals surface area contributed by atoms with Crippen LogP contribution in [0.1, 0.15) is 23.4 Å². The molecule has 0 aliphatic heterocycles. The van der Waals surface area contributed by atoms with Crippen molar-refractivity contribution in [2.45, 2.75) is 26.1 Å². The van der Waals surface area contributed by atoms with Gasteiger partial charge >= 0.3 is 6.18 Å². The zero-order valence-corrected chi connectivity index (χ0v) is 18.4. The molecule has 0 saturated carbocycles. The van der Waals surface area contributed by atoms with E-state index < -0.39 is 18.2 Å². The van der Waals surface area contributed by atoms with E-state index in [2.05, 4.69) is 20.4 Å². The molecule has 0 atom stereocenters. The molecule has 1 heterocycles. The summed E-state index contributed by atoms with van der Waals surface area (Å²) in [5.41, 5.74) is 1.62. The topological polar surface area (TPSA) is 62.4 Å². The summed E-state index contributed by atoms with van der Waals surface area (Å²) in [6.07, 6.45) is -2.37. The summed E-state index contributed by atoms with van der Waals surface area (Å²) in [5.74, 6) is 0.189. The molecule has 1 aliphatic rings. The van der Waals surface area contributed by atoms with E-state index >= 15 is 0 Å². The maximum atomic E-state index is 13.6.